The number of hydrogen-bond acceptors (Lipinski definition) is 20. The number of aliphatic hydroxyl groups excluding tert-OH is 6. The van der Waals surface area contributed by atoms with Gasteiger partial charge in [-0.3, -0.25) is 42.0 Å². The van der Waals surface area contributed by atoms with Crippen molar-refractivity contribution in [3.63, 3.8) is 0 Å². The molecule has 19 atom stereocenters. The van der Waals surface area contributed by atoms with Crippen LogP contribution in [0, 0.1) is 32.5 Å². The molecule has 4 fully saturated rings. The zero-order valence-corrected chi connectivity index (χ0v) is 38.3. The number of benzene rings is 1. The minimum absolute atomic E-state index is 0.241. The summed E-state index contributed by atoms with van der Waals surface area (Å²) in [4.78, 5) is 25.9. The number of carbonyl (C=O) groups is 2. The monoisotopic (exact) mass is 1030 g/mol. The number of hydrogen-bond donors (Lipinski definition) is 26. The number of rotatable bonds is 19. The normalized spacial score (nSPS) is 35.3. The molecule has 1 aliphatic carbocycles. The highest BCUT2D eigenvalue weighted by atomic mass is 16.8. The first kappa shape index (κ1) is 56.2. The largest absolute Gasteiger partial charge is 0.388 e. The quantitative estimate of drug-likeness (QED) is 0.0452. The number of aliphatic hydroxyl groups is 6. The second-order valence-electron chi connectivity index (χ2n) is 17.0. The first-order valence-corrected chi connectivity index (χ1v) is 22.1. The van der Waals surface area contributed by atoms with Crippen LogP contribution in [0.5, 0.6) is 0 Å². The molecule has 0 bridgehead atoms. The van der Waals surface area contributed by atoms with E-state index in [2.05, 4.69) is 42.5 Å². The molecule has 34 nitrogen and oxygen atoms in total. The summed E-state index contributed by atoms with van der Waals surface area (Å²) < 4.78 is 37.2. The zero-order valence-electron chi connectivity index (χ0n) is 38.3. The van der Waals surface area contributed by atoms with E-state index >= 15 is 0 Å². The molecule has 34 heteroatoms. The Bertz CT molecular complexity index is 2080. The molecule has 3 saturated heterocycles. The fourth-order valence-corrected chi connectivity index (χ4v) is 8.48. The Morgan fingerprint density at radius 2 is 0.944 bits per heavy atom. The summed E-state index contributed by atoms with van der Waals surface area (Å²) in [5.41, 5.74) is 33.9. The van der Waals surface area contributed by atoms with E-state index in [-0.39, 0.29) is 25.1 Å². The molecule has 11 unspecified atom stereocenters. The van der Waals surface area contributed by atoms with Gasteiger partial charge in [0, 0.05) is 25.2 Å². The molecule has 32 N–H and O–H groups in total. The van der Waals surface area contributed by atoms with Crippen molar-refractivity contribution >= 4 is 47.6 Å². The minimum Gasteiger partial charge on any atom is -0.388 e. The predicted molar refractivity (Wildman–Crippen MR) is 248 cm³/mol. The third kappa shape index (κ3) is 14.7. The van der Waals surface area contributed by atoms with Crippen LogP contribution >= 0.6 is 0 Å². The van der Waals surface area contributed by atoms with Crippen LogP contribution in [0.25, 0.3) is 0 Å². The molecule has 1 saturated carbocycles. The summed E-state index contributed by atoms with van der Waals surface area (Å²) in [6.45, 7) is -1.76. The maximum absolute atomic E-state index is 13.2. The van der Waals surface area contributed by atoms with Gasteiger partial charge in [0.05, 0.1) is 18.6 Å². The van der Waals surface area contributed by atoms with Gasteiger partial charge in [0.15, 0.2) is 54.6 Å². The summed E-state index contributed by atoms with van der Waals surface area (Å²) in [5, 5.41) is 136. The number of amides is 2. The van der Waals surface area contributed by atoms with E-state index in [0.29, 0.717) is 0 Å². The average Bonchev–Trinajstić information content (AvgIpc) is 3.60. The van der Waals surface area contributed by atoms with Crippen molar-refractivity contribution in [2.24, 2.45) is 34.4 Å². The Morgan fingerprint density at radius 1 is 0.500 bits per heavy atom. The standard InChI is InChI=1S/C38H66N20O14/c39-33(40)53-7-14-21(61)23(63)18(57-37(47)48)30(67-14)70-26-13(56-36(45)46)6-12(55-35(43)44)20(60)28(26)72-32-25(65)27(16(69-32)9-51-17(59)10-52-29(66)11-4-2-1-3-5-11)71-31-19(58-38(49)50)24(64)22(62)15(68-31)8-54-34(41)42/h1-5,12-16,18-28,30-32,60-65H,6-10H2,(H,51,59)(H,52,66)(H4,39,40,53)(H4,41,42,54)(H4,43,44,55)(H4,45,46,56)(H4,47,48,57)(H4,49,50,58)/t12-,13?,14?,15+,16-,18?,19-,20?,21-,22?,23?,24?,25?,26-,27?,28?,30-,31?,32+/m1/s1. The van der Waals surface area contributed by atoms with Crippen molar-refractivity contribution in [1.82, 2.24) is 42.5 Å². The van der Waals surface area contributed by atoms with Crippen LogP contribution in [-0.4, -0.2) is 221 Å². The maximum Gasteiger partial charge on any atom is 0.251 e. The van der Waals surface area contributed by atoms with Crippen LogP contribution < -0.4 is 76.9 Å². The molecule has 0 radical (unpaired) electrons. The van der Waals surface area contributed by atoms with Crippen molar-refractivity contribution < 1.29 is 68.6 Å². The lowest BCUT2D eigenvalue weighted by Gasteiger charge is -2.49. The van der Waals surface area contributed by atoms with Crippen molar-refractivity contribution in [2.75, 3.05) is 26.2 Å². The third-order valence-electron chi connectivity index (χ3n) is 11.8. The van der Waals surface area contributed by atoms with Gasteiger partial charge in [0.25, 0.3) is 5.91 Å². The highest BCUT2D eigenvalue weighted by Gasteiger charge is 2.56. The highest BCUT2D eigenvalue weighted by Crippen LogP contribution is 2.35. The maximum atomic E-state index is 13.2. The van der Waals surface area contributed by atoms with Gasteiger partial charge in [-0.2, -0.15) is 0 Å². The van der Waals surface area contributed by atoms with E-state index in [9.17, 15) is 40.2 Å². The zero-order chi connectivity index (χ0) is 53.1. The smallest absolute Gasteiger partial charge is 0.251 e. The van der Waals surface area contributed by atoms with Crippen molar-refractivity contribution in [2.45, 2.75) is 123 Å². The lowest BCUT2D eigenvalue weighted by molar-refractivity contribution is -0.310. The molecule has 1 aromatic carbocycles. The van der Waals surface area contributed by atoms with E-state index in [1.807, 2.05) is 0 Å². The molecule has 3 heterocycles. The van der Waals surface area contributed by atoms with Gasteiger partial charge in [-0.25, -0.2) is 0 Å². The second kappa shape index (κ2) is 25.1. The van der Waals surface area contributed by atoms with Gasteiger partial charge in [-0.1, -0.05) is 18.2 Å². The van der Waals surface area contributed by atoms with Crippen molar-refractivity contribution in [1.29, 1.82) is 32.5 Å². The van der Waals surface area contributed by atoms with E-state index in [4.69, 9.17) is 95.3 Å². The van der Waals surface area contributed by atoms with Gasteiger partial charge in [0.1, 0.15) is 85.3 Å². The number of carbonyl (C=O) groups excluding carboxylic acids is 2. The number of ether oxygens (including phenoxy) is 6. The highest BCUT2D eigenvalue weighted by molar-refractivity contribution is 5.96. The van der Waals surface area contributed by atoms with Crippen LogP contribution in [0.4, 0.5) is 0 Å². The van der Waals surface area contributed by atoms with Crippen LogP contribution in [0.2, 0.25) is 0 Å². The van der Waals surface area contributed by atoms with E-state index in [0.717, 1.165) is 0 Å². The number of nitrogens with two attached hydrogens (primary N) is 6. The topological polar surface area (TPSA) is 606 Å². The van der Waals surface area contributed by atoms with Gasteiger partial charge in [-0.15, -0.1) is 0 Å². The van der Waals surface area contributed by atoms with Crippen molar-refractivity contribution in [3.05, 3.63) is 35.9 Å². The molecule has 5 rings (SSSR count). The van der Waals surface area contributed by atoms with Crippen LogP contribution in [0.3, 0.4) is 0 Å². The minimum atomic E-state index is -1.98. The second-order valence-corrected chi connectivity index (χ2v) is 17.0. The van der Waals surface area contributed by atoms with Gasteiger partial charge in [-0.05, 0) is 18.6 Å². The summed E-state index contributed by atoms with van der Waals surface area (Å²) in [7, 11) is 0. The first-order valence-electron chi connectivity index (χ1n) is 22.1. The summed E-state index contributed by atoms with van der Waals surface area (Å²) in [6, 6.07) is 2.49. The van der Waals surface area contributed by atoms with E-state index in [1.54, 1.807) is 18.2 Å². The molecule has 0 spiro atoms. The molecule has 0 aromatic heterocycles. The van der Waals surface area contributed by atoms with Crippen molar-refractivity contribution in [3.8, 4) is 0 Å². The van der Waals surface area contributed by atoms with Gasteiger partial charge >= 0.3 is 0 Å². The average molecular weight is 1030 g/mol. The Morgan fingerprint density at radius 3 is 1.43 bits per heavy atom. The lowest BCUT2D eigenvalue weighted by atomic mass is 9.83. The van der Waals surface area contributed by atoms with Gasteiger partial charge in [0.2, 0.25) is 5.91 Å². The molecule has 2 amide bonds. The van der Waals surface area contributed by atoms with E-state index < -0.39 is 177 Å². The van der Waals surface area contributed by atoms with Gasteiger partial charge < -0.3 is 136 Å². The van der Waals surface area contributed by atoms with Crippen LogP contribution in [0.1, 0.15) is 16.8 Å². The Kier molecular flexibility index (Phi) is 19.6. The SMILES string of the molecule is N=C(N)NCC1O[C@H](O[C@@H]2C(NC(=N)N)C[C@@H](NC(=N)N)C(O)C2O[C@@H]2O[C@H](CNC(=O)CNC(=O)c3ccccc3)C(OC3O[C@@H](CNC(=N)N)C(O)C(O)[C@H]3NC(=N)N)C2O)C(NC(=N)N)C(O)[C@@H]1O. The molecule has 72 heavy (non-hydrogen) atoms. The Balaban J connectivity index is 1.51. The molecular formula is C38H66N20O14. The van der Waals surface area contributed by atoms with Crippen LogP contribution in [-0.2, 0) is 33.2 Å². The molecular weight excluding hydrogens is 961 g/mol. The predicted octanol–water partition coefficient (Wildman–Crippen LogP) is -11.2. The molecule has 4 aliphatic rings. The third-order valence-corrected chi connectivity index (χ3v) is 11.8. The fourth-order valence-electron chi connectivity index (χ4n) is 8.48. The summed E-state index contributed by atoms with van der Waals surface area (Å²) in [5.74, 6) is -5.05. The fraction of sp³-hybridized carbons (Fsp3) is 0.632. The Labute approximate surface area is 409 Å². The summed E-state index contributed by atoms with van der Waals surface area (Å²) >= 11 is 0. The molecule has 402 valence electrons. The Hall–Kier alpha value is -6.70. The number of nitrogens with one attached hydrogen (secondary N) is 14. The molecule has 1 aromatic rings. The molecule has 3 aliphatic heterocycles. The van der Waals surface area contributed by atoms with Crippen LogP contribution in [0.15, 0.2) is 30.3 Å². The lowest BCUT2D eigenvalue weighted by Crippen LogP contribution is -2.71. The van der Waals surface area contributed by atoms with E-state index in [1.165, 1.54) is 12.1 Å². The number of guanidine groups is 6. The first-order chi connectivity index (χ1) is 33.9. The summed E-state index contributed by atoms with van der Waals surface area (Å²) in [6.07, 6.45) is -25.6.